The quantitative estimate of drug-likeness (QED) is 0.650. The lowest BCUT2D eigenvalue weighted by Crippen LogP contribution is -2.32. The largest absolute Gasteiger partial charge is 0.444 e. The first kappa shape index (κ1) is 19.6. The van der Waals surface area contributed by atoms with Gasteiger partial charge in [-0.2, -0.15) is 0 Å². The molecule has 2 aromatic carbocycles. The number of carbonyl (C=O) groups excluding carboxylic acids is 1. The van der Waals surface area contributed by atoms with Crippen LogP contribution >= 0.6 is 0 Å². The molecule has 1 aromatic heterocycles. The zero-order valence-corrected chi connectivity index (χ0v) is 16.0. The van der Waals surface area contributed by atoms with E-state index >= 15 is 0 Å². The molecule has 1 heterocycles. The molecule has 0 aliphatic carbocycles. The Morgan fingerprint density at radius 3 is 2.39 bits per heavy atom. The van der Waals surface area contributed by atoms with E-state index in [1.807, 2.05) is 29.1 Å². The number of alkyl carbamates (subject to hydrolysis) is 1. The number of aromatic nitrogens is 1. The molecule has 28 heavy (non-hydrogen) atoms. The van der Waals surface area contributed by atoms with Crippen LogP contribution in [0.25, 0.3) is 16.8 Å². The zero-order chi connectivity index (χ0) is 20.3. The summed E-state index contributed by atoms with van der Waals surface area (Å²) in [6.07, 6.45) is 3.11. The molecule has 3 rings (SSSR count). The van der Waals surface area contributed by atoms with Crippen LogP contribution in [0.3, 0.4) is 0 Å². The van der Waals surface area contributed by atoms with Crippen LogP contribution in [0.4, 0.5) is 13.6 Å². The molecule has 0 spiro atoms. The lowest BCUT2D eigenvalue weighted by atomic mass is 10.1. The molecular formula is C22H22F2N2O2. The molecule has 0 aliphatic heterocycles. The minimum absolute atomic E-state index is 0.151. The number of rotatable bonds is 4. The Morgan fingerprint density at radius 1 is 1.00 bits per heavy atom. The lowest BCUT2D eigenvalue weighted by molar-refractivity contribution is 0.0523. The highest BCUT2D eigenvalue weighted by atomic mass is 19.1. The van der Waals surface area contributed by atoms with Crippen LogP contribution in [-0.4, -0.2) is 16.3 Å². The molecule has 0 radical (unpaired) electrons. The van der Waals surface area contributed by atoms with Crippen molar-refractivity contribution in [3.05, 3.63) is 78.1 Å². The first-order chi connectivity index (χ1) is 13.2. The van der Waals surface area contributed by atoms with Gasteiger partial charge in [-0.05, 0) is 86.0 Å². The van der Waals surface area contributed by atoms with Crippen molar-refractivity contribution >= 4 is 6.09 Å². The minimum Gasteiger partial charge on any atom is -0.444 e. The van der Waals surface area contributed by atoms with Crippen LogP contribution in [0.2, 0.25) is 0 Å². The van der Waals surface area contributed by atoms with Crippen LogP contribution in [-0.2, 0) is 11.3 Å². The molecule has 0 atom stereocenters. The number of hydrogen-bond donors (Lipinski definition) is 1. The summed E-state index contributed by atoms with van der Waals surface area (Å²) >= 11 is 0. The Balaban J connectivity index is 1.76. The topological polar surface area (TPSA) is 43.3 Å². The van der Waals surface area contributed by atoms with Crippen molar-refractivity contribution in [2.24, 2.45) is 0 Å². The van der Waals surface area contributed by atoms with Gasteiger partial charge in [0.2, 0.25) is 0 Å². The second kappa shape index (κ2) is 7.84. The van der Waals surface area contributed by atoms with Gasteiger partial charge in [-0.1, -0.05) is 0 Å². The van der Waals surface area contributed by atoms with E-state index in [1.54, 1.807) is 32.9 Å². The first-order valence-corrected chi connectivity index (χ1v) is 8.90. The fraction of sp³-hybridized carbons (Fsp3) is 0.227. The third kappa shape index (κ3) is 5.19. The predicted octanol–water partition coefficient (Wildman–Crippen LogP) is 5.45. The van der Waals surface area contributed by atoms with E-state index in [-0.39, 0.29) is 12.4 Å². The highest BCUT2D eigenvalue weighted by Crippen LogP contribution is 2.24. The van der Waals surface area contributed by atoms with Crippen molar-refractivity contribution in [2.45, 2.75) is 32.9 Å². The van der Waals surface area contributed by atoms with E-state index < -0.39 is 17.5 Å². The molecular weight excluding hydrogens is 362 g/mol. The molecule has 6 heteroatoms. The van der Waals surface area contributed by atoms with Gasteiger partial charge in [0.1, 0.15) is 17.2 Å². The fourth-order valence-corrected chi connectivity index (χ4v) is 2.75. The second-order valence-corrected chi connectivity index (χ2v) is 7.49. The maximum absolute atomic E-state index is 14.1. The average molecular weight is 384 g/mol. The maximum Gasteiger partial charge on any atom is 0.407 e. The SMILES string of the molecule is CC(C)(C)OC(=O)NCc1cc(F)cc(-c2ccn(-c3ccc(F)cc3)c2)c1. The summed E-state index contributed by atoms with van der Waals surface area (Å²) in [5, 5.41) is 2.63. The Bertz CT molecular complexity index is 973. The number of carbonyl (C=O) groups is 1. The maximum atomic E-state index is 14.1. The first-order valence-electron chi connectivity index (χ1n) is 8.90. The van der Waals surface area contributed by atoms with Crippen molar-refractivity contribution in [3.8, 4) is 16.8 Å². The molecule has 146 valence electrons. The van der Waals surface area contributed by atoms with Crippen molar-refractivity contribution < 1.29 is 18.3 Å². The van der Waals surface area contributed by atoms with Crippen molar-refractivity contribution in [3.63, 3.8) is 0 Å². The minimum atomic E-state index is -0.597. The van der Waals surface area contributed by atoms with Gasteiger partial charge in [0.15, 0.2) is 0 Å². The summed E-state index contributed by atoms with van der Waals surface area (Å²) < 4.78 is 34.2. The van der Waals surface area contributed by atoms with Crippen LogP contribution < -0.4 is 5.32 Å². The molecule has 0 saturated carbocycles. The molecule has 1 N–H and O–H groups in total. The van der Waals surface area contributed by atoms with E-state index in [0.29, 0.717) is 11.1 Å². The fourth-order valence-electron chi connectivity index (χ4n) is 2.75. The molecule has 3 aromatic rings. The molecule has 0 saturated heterocycles. The van der Waals surface area contributed by atoms with Crippen LogP contribution in [0.1, 0.15) is 26.3 Å². The predicted molar refractivity (Wildman–Crippen MR) is 104 cm³/mol. The number of hydrogen-bond acceptors (Lipinski definition) is 2. The van der Waals surface area contributed by atoms with Gasteiger partial charge in [0.25, 0.3) is 0 Å². The summed E-state index contributed by atoms with van der Waals surface area (Å²) in [5.41, 5.74) is 2.32. The third-order valence-electron chi connectivity index (χ3n) is 3.94. The number of benzene rings is 2. The van der Waals surface area contributed by atoms with E-state index in [0.717, 1.165) is 11.3 Å². The summed E-state index contributed by atoms with van der Waals surface area (Å²) in [7, 11) is 0. The average Bonchev–Trinajstić information content (AvgIpc) is 3.09. The van der Waals surface area contributed by atoms with E-state index in [1.165, 1.54) is 24.3 Å². The standard InChI is InChI=1S/C22H22F2N2O2/c1-22(2,3)28-21(27)25-13-15-10-17(12-19(24)11-15)16-8-9-26(14-16)20-6-4-18(23)5-7-20/h4-12,14H,13H2,1-3H3,(H,25,27). The molecule has 0 aliphatic rings. The highest BCUT2D eigenvalue weighted by Gasteiger charge is 2.16. The number of nitrogens with zero attached hydrogens (tertiary/aromatic N) is 1. The summed E-state index contributed by atoms with van der Waals surface area (Å²) in [4.78, 5) is 11.8. The molecule has 0 unspecified atom stereocenters. The number of halogens is 2. The monoisotopic (exact) mass is 384 g/mol. The normalized spacial score (nSPS) is 11.3. The van der Waals surface area contributed by atoms with Crippen LogP contribution in [0.5, 0.6) is 0 Å². The second-order valence-electron chi connectivity index (χ2n) is 7.49. The van der Waals surface area contributed by atoms with Gasteiger partial charge in [0, 0.05) is 24.6 Å². The number of amides is 1. The number of ether oxygens (including phenoxy) is 1. The molecule has 4 nitrogen and oxygen atoms in total. The molecule has 1 amide bonds. The van der Waals surface area contributed by atoms with Gasteiger partial charge in [0.05, 0.1) is 0 Å². The van der Waals surface area contributed by atoms with Gasteiger partial charge in [-0.3, -0.25) is 0 Å². The zero-order valence-electron chi connectivity index (χ0n) is 16.0. The summed E-state index contributed by atoms with van der Waals surface area (Å²) in [5.74, 6) is -0.698. The van der Waals surface area contributed by atoms with Crippen LogP contribution in [0, 0.1) is 11.6 Å². The van der Waals surface area contributed by atoms with E-state index in [4.69, 9.17) is 4.74 Å². The Morgan fingerprint density at radius 2 is 1.71 bits per heavy atom. The highest BCUT2D eigenvalue weighted by molar-refractivity contribution is 5.68. The van der Waals surface area contributed by atoms with Crippen LogP contribution in [0.15, 0.2) is 60.9 Å². The molecule has 0 bridgehead atoms. The Hall–Kier alpha value is -3.15. The Labute approximate surface area is 162 Å². The summed E-state index contributed by atoms with van der Waals surface area (Å²) in [6.45, 7) is 5.48. The smallest absolute Gasteiger partial charge is 0.407 e. The van der Waals surface area contributed by atoms with Crippen molar-refractivity contribution in [1.82, 2.24) is 9.88 Å². The van der Waals surface area contributed by atoms with Gasteiger partial charge in [-0.25, -0.2) is 13.6 Å². The van der Waals surface area contributed by atoms with Gasteiger partial charge >= 0.3 is 6.09 Å². The van der Waals surface area contributed by atoms with Gasteiger partial charge in [-0.15, -0.1) is 0 Å². The Kier molecular flexibility index (Phi) is 5.49. The van der Waals surface area contributed by atoms with Crippen molar-refractivity contribution in [2.75, 3.05) is 0 Å². The van der Waals surface area contributed by atoms with Crippen molar-refractivity contribution in [1.29, 1.82) is 0 Å². The van der Waals surface area contributed by atoms with Gasteiger partial charge < -0.3 is 14.6 Å². The van der Waals surface area contributed by atoms with E-state index in [2.05, 4.69) is 5.32 Å². The number of nitrogens with one attached hydrogen (secondary N) is 1. The summed E-state index contributed by atoms with van der Waals surface area (Å²) in [6, 6.07) is 12.6. The van der Waals surface area contributed by atoms with E-state index in [9.17, 15) is 13.6 Å². The lowest BCUT2D eigenvalue weighted by Gasteiger charge is -2.19. The third-order valence-corrected chi connectivity index (χ3v) is 3.94. The molecule has 0 fully saturated rings.